The molecule has 0 bridgehead atoms. The van der Waals surface area contributed by atoms with Crippen LogP contribution in [0.2, 0.25) is 0 Å². The van der Waals surface area contributed by atoms with E-state index in [-0.39, 0.29) is 27.5 Å². The quantitative estimate of drug-likeness (QED) is 0.192. The Morgan fingerprint density at radius 2 is 1.20 bits per heavy atom. The number of hydrogen-bond acceptors (Lipinski definition) is 3. The van der Waals surface area contributed by atoms with Crippen LogP contribution in [0.1, 0.15) is 31.1 Å². The van der Waals surface area contributed by atoms with E-state index < -0.39 is 77.0 Å². The van der Waals surface area contributed by atoms with Gasteiger partial charge in [0.05, 0.1) is 7.11 Å². The topological polar surface area (TPSA) is 38.3 Å². The molecule has 256 valence electrons. The van der Waals surface area contributed by atoms with Crippen LogP contribution in [0.5, 0.6) is 5.75 Å². The molecular weight excluding hydrogens is 745 g/mol. The lowest BCUT2D eigenvalue weighted by Crippen LogP contribution is -2.74. The molecular formula is C22H19BrF17NO2S. The number of thioether (sulfide) groups is 1. The van der Waals surface area contributed by atoms with Crippen LogP contribution in [-0.4, -0.2) is 72.4 Å². The van der Waals surface area contributed by atoms with Crippen LogP contribution in [-0.2, 0) is 4.79 Å². The minimum atomic E-state index is -8.69. The predicted octanol–water partition coefficient (Wildman–Crippen LogP) is 9.16. The average Bonchev–Trinajstić information content (AvgIpc) is 2.84. The van der Waals surface area contributed by atoms with Crippen molar-refractivity contribution in [2.24, 2.45) is 0 Å². The molecule has 0 spiro atoms. The molecule has 0 saturated heterocycles. The van der Waals surface area contributed by atoms with Crippen LogP contribution in [0.25, 0.3) is 0 Å². The number of benzene rings is 1. The Labute approximate surface area is 249 Å². The average molecular weight is 764 g/mol. The van der Waals surface area contributed by atoms with Gasteiger partial charge in [-0.2, -0.15) is 74.6 Å². The molecule has 1 amide bonds. The molecule has 0 aromatic heterocycles. The molecule has 1 rings (SSSR count). The number of methoxy groups -OCH3 is 1. The summed E-state index contributed by atoms with van der Waals surface area (Å²) in [5, 5.41) is 0.629. The third-order valence-electron chi connectivity index (χ3n) is 5.63. The van der Waals surface area contributed by atoms with Crippen LogP contribution >= 0.6 is 27.7 Å². The number of hydrogen-bond donors (Lipinski definition) is 1. The summed E-state index contributed by atoms with van der Waals surface area (Å²) in [5.41, 5.74) is -0.135. The van der Waals surface area contributed by atoms with Crippen LogP contribution in [0, 0.1) is 0 Å². The zero-order chi connectivity index (χ0) is 35.1. The van der Waals surface area contributed by atoms with E-state index in [2.05, 4.69) is 21.2 Å². The standard InChI is InChI=1S/C22H19BrF17NO2S/c1-9(2)41-14(42)13(11-8-10(23)4-5-12(11)43-3)44-7-6-15(24,25)16(26,27)17(28,29)18(30,31)19(32,33)20(34,35)21(36,37)22(38,39)40/h4-5,8-9,13H,6-7H2,1-3H3,(H,41,42). The first kappa shape index (κ1) is 40.2. The summed E-state index contributed by atoms with van der Waals surface area (Å²) in [6.45, 7) is 2.83. The van der Waals surface area contributed by atoms with Gasteiger partial charge in [0.15, 0.2) is 0 Å². The predicted molar refractivity (Wildman–Crippen MR) is 124 cm³/mol. The van der Waals surface area contributed by atoms with E-state index >= 15 is 0 Å². The number of amides is 1. The summed E-state index contributed by atoms with van der Waals surface area (Å²) in [6, 6.07) is 3.14. The van der Waals surface area contributed by atoms with Crippen molar-refractivity contribution in [3.05, 3.63) is 28.2 Å². The van der Waals surface area contributed by atoms with Gasteiger partial charge in [-0.3, -0.25) is 4.79 Å². The van der Waals surface area contributed by atoms with E-state index in [1.165, 1.54) is 32.0 Å². The second-order valence-electron chi connectivity index (χ2n) is 9.20. The van der Waals surface area contributed by atoms with Crippen molar-refractivity contribution in [3.63, 3.8) is 0 Å². The van der Waals surface area contributed by atoms with E-state index in [0.29, 0.717) is 0 Å². The first-order chi connectivity index (χ1) is 19.4. The van der Waals surface area contributed by atoms with Crippen molar-refractivity contribution >= 4 is 33.6 Å². The van der Waals surface area contributed by atoms with Crippen molar-refractivity contribution in [3.8, 4) is 5.75 Å². The number of nitrogens with one attached hydrogen (secondary N) is 1. The molecule has 0 aliphatic heterocycles. The molecule has 0 aliphatic carbocycles. The molecule has 0 aliphatic rings. The summed E-state index contributed by atoms with van der Waals surface area (Å²) >= 11 is 3.01. The third kappa shape index (κ3) is 6.79. The van der Waals surface area contributed by atoms with Gasteiger partial charge in [-0.15, -0.1) is 11.8 Å². The largest absolute Gasteiger partial charge is 0.496 e. The van der Waals surface area contributed by atoms with Crippen LogP contribution < -0.4 is 10.1 Å². The number of halogens is 18. The highest BCUT2D eigenvalue weighted by Crippen LogP contribution is 2.64. The molecule has 0 radical (unpaired) electrons. The van der Waals surface area contributed by atoms with Gasteiger partial charge < -0.3 is 10.1 Å². The highest BCUT2D eigenvalue weighted by molar-refractivity contribution is 9.10. The van der Waals surface area contributed by atoms with E-state index in [9.17, 15) is 79.4 Å². The first-order valence-electron chi connectivity index (χ1n) is 11.4. The number of carbonyl (C=O) groups excluding carboxylic acids is 1. The van der Waals surface area contributed by atoms with Gasteiger partial charge in [0.2, 0.25) is 5.91 Å². The molecule has 3 nitrogen and oxygen atoms in total. The van der Waals surface area contributed by atoms with Crippen LogP contribution in [0.3, 0.4) is 0 Å². The van der Waals surface area contributed by atoms with E-state index in [1.54, 1.807) is 0 Å². The van der Waals surface area contributed by atoms with E-state index in [0.717, 1.165) is 7.11 Å². The summed E-state index contributed by atoms with van der Waals surface area (Å²) in [7, 11) is 1.08. The van der Waals surface area contributed by atoms with Gasteiger partial charge in [-0.25, -0.2) is 0 Å². The molecule has 0 heterocycles. The highest BCUT2D eigenvalue weighted by Gasteiger charge is 2.95. The summed E-state index contributed by atoms with van der Waals surface area (Å²) in [4.78, 5) is 12.7. The first-order valence-corrected chi connectivity index (χ1v) is 13.2. The number of rotatable bonds is 14. The van der Waals surface area contributed by atoms with Crippen molar-refractivity contribution in [1.82, 2.24) is 5.32 Å². The number of alkyl halides is 17. The minimum Gasteiger partial charge on any atom is -0.496 e. The monoisotopic (exact) mass is 763 g/mol. The second-order valence-corrected chi connectivity index (χ2v) is 11.3. The second kappa shape index (κ2) is 12.7. The van der Waals surface area contributed by atoms with Crippen molar-refractivity contribution in [1.29, 1.82) is 0 Å². The minimum absolute atomic E-state index is 0.0110. The highest BCUT2D eigenvalue weighted by atomic mass is 79.9. The molecule has 1 N–H and O–H groups in total. The molecule has 1 aromatic carbocycles. The molecule has 1 atom stereocenters. The zero-order valence-corrected chi connectivity index (χ0v) is 24.2. The number of carbonyl (C=O) groups is 1. The van der Waals surface area contributed by atoms with Gasteiger partial charge in [0.1, 0.15) is 11.0 Å². The van der Waals surface area contributed by atoms with Gasteiger partial charge in [-0.05, 0) is 32.0 Å². The fourth-order valence-electron chi connectivity index (χ4n) is 3.24. The Bertz CT molecular complexity index is 1170. The molecule has 1 unspecified atom stereocenters. The Hall–Kier alpha value is -1.87. The van der Waals surface area contributed by atoms with Gasteiger partial charge in [0, 0.05) is 28.3 Å². The molecule has 44 heavy (non-hydrogen) atoms. The van der Waals surface area contributed by atoms with Crippen LogP contribution in [0.15, 0.2) is 22.7 Å². The Kier molecular flexibility index (Phi) is 11.6. The maximum atomic E-state index is 14.3. The summed E-state index contributed by atoms with van der Waals surface area (Å²) < 4.78 is 235. The van der Waals surface area contributed by atoms with Gasteiger partial charge in [-0.1, -0.05) is 15.9 Å². The Morgan fingerprint density at radius 1 is 0.773 bits per heavy atom. The van der Waals surface area contributed by atoms with Crippen molar-refractivity contribution in [2.45, 2.75) is 79.2 Å². The lowest BCUT2D eigenvalue weighted by atomic mass is 9.88. The number of ether oxygens (including phenoxy) is 1. The fourth-order valence-corrected chi connectivity index (χ4v) is 4.81. The third-order valence-corrected chi connectivity index (χ3v) is 7.37. The summed E-state index contributed by atoms with van der Waals surface area (Å²) in [5.74, 6) is -59.5. The molecule has 0 fully saturated rings. The lowest BCUT2D eigenvalue weighted by Gasteiger charge is -2.42. The summed E-state index contributed by atoms with van der Waals surface area (Å²) in [6.07, 6.45) is -10.5. The lowest BCUT2D eigenvalue weighted by molar-refractivity contribution is -0.461. The van der Waals surface area contributed by atoms with E-state index in [1.807, 2.05) is 0 Å². The Balaban J connectivity index is 3.47. The fraction of sp³-hybridized carbons (Fsp3) is 0.682. The zero-order valence-electron chi connectivity index (χ0n) is 21.8. The van der Waals surface area contributed by atoms with Gasteiger partial charge >= 0.3 is 47.6 Å². The normalized spacial score (nSPS) is 15.4. The maximum Gasteiger partial charge on any atom is 0.460 e. The van der Waals surface area contributed by atoms with Crippen molar-refractivity contribution in [2.75, 3.05) is 12.9 Å². The Morgan fingerprint density at radius 3 is 1.61 bits per heavy atom. The smallest absolute Gasteiger partial charge is 0.460 e. The maximum absolute atomic E-state index is 14.3. The van der Waals surface area contributed by atoms with Gasteiger partial charge in [0.25, 0.3) is 0 Å². The van der Waals surface area contributed by atoms with Crippen molar-refractivity contribution < 1.29 is 84.2 Å². The SMILES string of the molecule is COc1ccc(Br)cc1C(SCCC(F)(F)C(F)(F)C(F)(F)C(F)(F)C(F)(F)C(F)(F)C(F)(F)C(F)(F)F)C(=O)NC(C)C. The molecule has 1 aromatic rings. The van der Waals surface area contributed by atoms with Crippen LogP contribution in [0.4, 0.5) is 74.6 Å². The molecule has 22 heteroatoms. The molecule has 0 saturated carbocycles. The van der Waals surface area contributed by atoms with E-state index in [4.69, 9.17) is 4.74 Å².